The molecule has 0 spiro atoms. The largest absolute Gasteiger partial charge is 0.272 e. The third kappa shape index (κ3) is 3.22. The molecule has 0 unspecified atom stereocenters. The Hall–Kier alpha value is -1.94. The first-order valence-electron chi connectivity index (χ1n) is 7.07. The van der Waals surface area contributed by atoms with Gasteiger partial charge in [-0.2, -0.15) is 5.10 Å². The summed E-state index contributed by atoms with van der Waals surface area (Å²) in [6.45, 7) is 5.36. The zero-order chi connectivity index (χ0) is 14.8. The molecule has 3 heterocycles. The Morgan fingerprint density at radius 3 is 2.81 bits per heavy atom. The van der Waals surface area contributed by atoms with E-state index in [1.165, 1.54) is 0 Å². The predicted octanol–water partition coefficient (Wildman–Crippen LogP) is 4.19. The molecule has 0 aliphatic carbocycles. The van der Waals surface area contributed by atoms with E-state index in [4.69, 9.17) is 11.6 Å². The first-order valence-corrected chi connectivity index (χ1v) is 7.45. The highest BCUT2D eigenvalue weighted by atomic mass is 35.5. The number of hydrogen-bond donors (Lipinski definition) is 0. The molecule has 3 rings (SSSR count). The van der Waals surface area contributed by atoms with Crippen molar-refractivity contribution in [1.82, 2.24) is 19.7 Å². The monoisotopic (exact) mass is 300 g/mol. The van der Waals surface area contributed by atoms with Gasteiger partial charge in [-0.25, -0.2) is 4.98 Å². The second-order valence-corrected chi connectivity index (χ2v) is 5.96. The second kappa shape index (κ2) is 5.82. The van der Waals surface area contributed by atoms with Crippen LogP contribution in [0.5, 0.6) is 0 Å². The molecule has 0 amide bonds. The Labute approximate surface area is 128 Å². The maximum absolute atomic E-state index is 5.94. The molecule has 0 aliphatic rings. The lowest BCUT2D eigenvalue weighted by molar-refractivity contribution is 0.487. The number of pyridine rings is 2. The van der Waals surface area contributed by atoms with Gasteiger partial charge in [-0.15, -0.1) is 0 Å². The van der Waals surface area contributed by atoms with E-state index in [-0.39, 0.29) is 0 Å². The van der Waals surface area contributed by atoms with Gasteiger partial charge in [0.15, 0.2) is 0 Å². The molecule has 3 aromatic heterocycles. The van der Waals surface area contributed by atoms with Crippen molar-refractivity contribution in [3.05, 3.63) is 41.9 Å². The van der Waals surface area contributed by atoms with Crippen LogP contribution in [0.15, 0.2) is 36.8 Å². The van der Waals surface area contributed by atoms with Crippen LogP contribution in [0, 0.1) is 5.92 Å². The van der Waals surface area contributed by atoms with E-state index in [0.29, 0.717) is 11.1 Å². The van der Waals surface area contributed by atoms with Gasteiger partial charge < -0.3 is 0 Å². The summed E-state index contributed by atoms with van der Waals surface area (Å²) in [5.41, 5.74) is 3.70. The number of halogens is 1. The molecule has 108 valence electrons. The first kappa shape index (κ1) is 14.0. The Bertz CT molecular complexity index is 764. The summed E-state index contributed by atoms with van der Waals surface area (Å²) in [5.74, 6) is 0.673. The Kier molecular flexibility index (Phi) is 3.88. The minimum absolute atomic E-state index is 0.481. The number of rotatable bonds is 4. The van der Waals surface area contributed by atoms with Gasteiger partial charge in [-0.05, 0) is 30.5 Å². The van der Waals surface area contributed by atoms with Crippen LogP contribution < -0.4 is 0 Å². The molecule has 0 saturated heterocycles. The fraction of sp³-hybridized carbons (Fsp3) is 0.312. The van der Waals surface area contributed by atoms with E-state index in [1.807, 2.05) is 29.2 Å². The van der Waals surface area contributed by atoms with Gasteiger partial charge >= 0.3 is 0 Å². The van der Waals surface area contributed by atoms with E-state index in [1.54, 1.807) is 6.07 Å². The SMILES string of the molecule is CC(C)CCn1cc(-c2cnc3ccc(Cl)nc3c2)cn1. The number of nitrogens with zero attached hydrogens (tertiary/aromatic N) is 4. The summed E-state index contributed by atoms with van der Waals surface area (Å²) in [4.78, 5) is 8.73. The summed E-state index contributed by atoms with van der Waals surface area (Å²) < 4.78 is 1.98. The molecular formula is C16H17ClN4. The highest BCUT2D eigenvalue weighted by Gasteiger charge is 2.06. The molecule has 0 aromatic carbocycles. The molecule has 3 aromatic rings. The fourth-order valence-corrected chi connectivity index (χ4v) is 2.32. The van der Waals surface area contributed by atoms with Crippen LogP contribution in [0.1, 0.15) is 20.3 Å². The Morgan fingerprint density at radius 2 is 2.00 bits per heavy atom. The summed E-state index contributed by atoms with van der Waals surface area (Å²) in [7, 11) is 0. The van der Waals surface area contributed by atoms with E-state index >= 15 is 0 Å². The molecule has 5 heteroatoms. The van der Waals surface area contributed by atoms with Crippen molar-refractivity contribution >= 4 is 22.6 Å². The molecule has 0 saturated carbocycles. The molecule has 21 heavy (non-hydrogen) atoms. The topological polar surface area (TPSA) is 43.6 Å². The van der Waals surface area contributed by atoms with Crippen LogP contribution in [0.4, 0.5) is 0 Å². The van der Waals surface area contributed by atoms with Gasteiger partial charge in [-0.3, -0.25) is 9.67 Å². The highest BCUT2D eigenvalue weighted by Crippen LogP contribution is 2.22. The van der Waals surface area contributed by atoms with Gasteiger partial charge in [-0.1, -0.05) is 25.4 Å². The molecule has 0 fully saturated rings. The van der Waals surface area contributed by atoms with Crippen LogP contribution in [-0.4, -0.2) is 19.7 Å². The first-order chi connectivity index (χ1) is 10.1. The Balaban J connectivity index is 1.89. The normalized spacial score (nSPS) is 11.4. The van der Waals surface area contributed by atoms with E-state index in [0.717, 1.165) is 35.1 Å². The number of aryl methyl sites for hydroxylation is 1. The highest BCUT2D eigenvalue weighted by molar-refractivity contribution is 6.29. The zero-order valence-electron chi connectivity index (χ0n) is 12.1. The van der Waals surface area contributed by atoms with Gasteiger partial charge in [0.05, 0.1) is 17.2 Å². The maximum atomic E-state index is 5.94. The standard InChI is InChI=1S/C16H17ClN4/c1-11(2)5-6-21-10-13(9-19-21)12-7-15-14(18-8-12)3-4-16(17)20-15/h3-4,7-11H,5-6H2,1-2H3. The van der Waals surface area contributed by atoms with Crippen molar-refractivity contribution in [2.24, 2.45) is 5.92 Å². The smallest absolute Gasteiger partial charge is 0.129 e. The average molecular weight is 301 g/mol. The van der Waals surface area contributed by atoms with Crippen molar-refractivity contribution in [3.63, 3.8) is 0 Å². The average Bonchev–Trinajstić information content (AvgIpc) is 2.93. The van der Waals surface area contributed by atoms with Crippen LogP contribution in [0.25, 0.3) is 22.2 Å². The Morgan fingerprint density at radius 1 is 1.14 bits per heavy atom. The van der Waals surface area contributed by atoms with Crippen molar-refractivity contribution < 1.29 is 0 Å². The zero-order valence-corrected chi connectivity index (χ0v) is 12.9. The lowest BCUT2D eigenvalue weighted by atomic mass is 10.1. The number of hydrogen-bond acceptors (Lipinski definition) is 3. The summed E-state index contributed by atoms with van der Waals surface area (Å²) >= 11 is 5.94. The molecule has 0 atom stereocenters. The third-order valence-corrected chi connectivity index (χ3v) is 3.62. The lowest BCUT2D eigenvalue weighted by Crippen LogP contribution is -2.01. The number of aromatic nitrogens is 4. The third-order valence-electron chi connectivity index (χ3n) is 3.41. The van der Waals surface area contributed by atoms with Crippen LogP contribution >= 0.6 is 11.6 Å². The molecule has 0 aliphatic heterocycles. The summed E-state index contributed by atoms with van der Waals surface area (Å²) in [6, 6.07) is 5.62. The molecule has 0 N–H and O–H groups in total. The van der Waals surface area contributed by atoms with Gasteiger partial charge in [0.2, 0.25) is 0 Å². The minimum atomic E-state index is 0.481. The quantitative estimate of drug-likeness (QED) is 0.678. The van der Waals surface area contributed by atoms with Crippen LogP contribution in [-0.2, 0) is 6.54 Å². The maximum Gasteiger partial charge on any atom is 0.129 e. The van der Waals surface area contributed by atoms with Crippen molar-refractivity contribution in [3.8, 4) is 11.1 Å². The van der Waals surface area contributed by atoms with Crippen LogP contribution in [0.3, 0.4) is 0 Å². The van der Waals surface area contributed by atoms with Gasteiger partial charge in [0.1, 0.15) is 5.15 Å². The van der Waals surface area contributed by atoms with Crippen molar-refractivity contribution in [2.75, 3.05) is 0 Å². The minimum Gasteiger partial charge on any atom is -0.272 e. The van der Waals surface area contributed by atoms with Gasteiger partial charge in [0, 0.05) is 30.1 Å². The van der Waals surface area contributed by atoms with Gasteiger partial charge in [0.25, 0.3) is 0 Å². The molecular weight excluding hydrogens is 284 g/mol. The predicted molar refractivity (Wildman–Crippen MR) is 85.2 cm³/mol. The van der Waals surface area contributed by atoms with E-state index in [2.05, 4.69) is 35.1 Å². The van der Waals surface area contributed by atoms with Crippen molar-refractivity contribution in [1.29, 1.82) is 0 Å². The summed E-state index contributed by atoms with van der Waals surface area (Å²) in [5, 5.41) is 4.89. The fourth-order valence-electron chi connectivity index (χ4n) is 2.16. The molecule has 0 bridgehead atoms. The van der Waals surface area contributed by atoms with Crippen molar-refractivity contribution in [2.45, 2.75) is 26.8 Å². The second-order valence-electron chi connectivity index (χ2n) is 5.57. The molecule has 4 nitrogen and oxygen atoms in total. The number of fused-ring (bicyclic) bond motifs is 1. The van der Waals surface area contributed by atoms with Crippen LogP contribution in [0.2, 0.25) is 5.15 Å². The molecule has 0 radical (unpaired) electrons. The lowest BCUT2D eigenvalue weighted by Gasteiger charge is -2.04. The van der Waals surface area contributed by atoms with E-state index < -0.39 is 0 Å². The summed E-state index contributed by atoms with van der Waals surface area (Å²) in [6.07, 6.45) is 6.89. The van der Waals surface area contributed by atoms with E-state index in [9.17, 15) is 0 Å².